The lowest BCUT2D eigenvalue weighted by Gasteiger charge is -2.18. The predicted octanol–water partition coefficient (Wildman–Crippen LogP) is 0.132. The second-order valence-electron chi connectivity index (χ2n) is 4.65. The maximum Gasteiger partial charge on any atom is 0.339 e. The van der Waals surface area contributed by atoms with Gasteiger partial charge in [0.15, 0.2) is 0 Å². The van der Waals surface area contributed by atoms with Crippen LogP contribution in [0, 0.1) is 0 Å². The van der Waals surface area contributed by atoms with Crippen LogP contribution in [0.2, 0.25) is 0 Å². The van der Waals surface area contributed by atoms with Crippen LogP contribution in [0.15, 0.2) is 12.5 Å². The molecule has 92 valence electrons. The molecular weight excluding hydrogens is 222 g/mol. The van der Waals surface area contributed by atoms with Gasteiger partial charge < -0.3 is 10.2 Å². The lowest BCUT2D eigenvalue weighted by atomic mass is 10.1. The molecule has 2 N–H and O–H groups in total. The molecular formula is C11H15N3O3. The summed E-state index contributed by atoms with van der Waals surface area (Å²) < 4.78 is 0. The van der Waals surface area contributed by atoms with Crippen molar-refractivity contribution in [1.82, 2.24) is 14.9 Å². The van der Waals surface area contributed by atoms with E-state index in [-0.39, 0.29) is 5.56 Å². The molecule has 0 aromatic carbocycles. The van der Waals surface area contributed by atoms with Crippen LogP contribution in [-0.2, 0) is 6.54 Å². The van der Waals surface area contributed by atoms with Crippen LogP contribution in [0.4, 0.5) is 0 Å². The highest BCUT2D eigenvalue weighted by molar-refractivity contribution is 5.88. The predicted molar refractivity (Wildman–Crippen MR) is 59.5 cm³/mol. The molecule has 0 saturated carbocycles. The highest BCUT2D eigenvalue weighted by Crippen LogP contribution is 2.22. The second kappa shape index (κ2) is 4.38. The van der Waals surface area contributed by atoms with Crippen molar-refractivity contribution in [3.63, 3.8) is 0 Å². The summed E-state index contributed by atoms with van der Waals surface area (Å²) in [6.45, 7) is 3.50. The Hall–Kier alpha value is -1.53. The molecule has 6 heteroatoms. The van der Waals surface area contributed by atoms with Crippen molar-refractivity contribution in [2.24, 2.45) is 0 Å². The molecule has 0 radical (unpaired) electrons. The van der Waals surface area contributed by atoms with Crippen LogP contribution in [0.1, 0.15) is 29.4 Å². The minimum atomic E-state index is -1.02. The molecule has 6 nitrogen and oxygen atoms in total. The summed E-state index contributed by atoms with van der Waals surface area (Å²) in [6, 6.07) is 0. The van der Waals surface area contributed by atoms with Gasteiger partial charge in [-0.05, 0) is 13.3 Å². The summed E-state index contributed by atoms with van der Waals surface area (Å²) in [4.78, 5) is 20.7. The Kier molecular flexibility index (Phi) is 3.08. The first-order valence-electron chi connectivity index (χ1n) is 5.45. The lowest BCUT2D eigenvalue weighted by Crippen LogP contribution is -2.30. The number of aliphatic hydroxyl groups is 1. The number of hydrogen-bond donors (Lipinski definition) is 2. The Balaban J connectivity index is 2.12. The standard InChI is InChI=1S/C11H15N3O3/c1-11(17)2-3-14(6-11)5-9-8(10(15)16)4-12-7-13-9/h4,7,17H,2-3,5-6H2,1H3,(H,15,16). The van der Waals surface area contributed by atoms with E-state index in [0.717, 1.165) is 6.54 Å². The molecule has 0 amide bonds. The molecule has 1 aliphatic rings. The lowest BCUT2D eigenvalue weighted by molar-refractivity contribution is 0.0672. The zero-order valence-corrected chi connectivity index (χ0v) is 9.63. The molecule has 1 aromatic rings. The van der Waals surface area contributed by atoms with Crippen LogP contribution in [0.25, 0.3) is 0 Å². The third-order valence-corrected chi connectivity index (χ3v) is 2.93. The Morgan fingerprint density at radius 1 is 1.65 bits per heavy atom. The SMILES string of the molecule is CC1(O)CCN(Cc2ncncc2C(=O)O)C1. The maximum absolute atomic E-state index is 11.0. The zero-order valence-electron chi connectivity index (χ0n) is 9.63. The molecule has 1 aliphatic heterocycles. The van der Waals surface area contributed by atoms with Gasteiger partial charge in [0.25, 0.3) is 0 Å². The number of nitrogens with zero attached hydrogens (tertiary/aromatic N) is 3. The monoisotopic (exact) mass is 237 g/mol. The quantitative estimate of drug-likeness (QED) is 0.777. The summed E-state index contributed by atoms with van der Waals surface area (Å²) in [6.07, 6.45) is 3.34. The smallest absolute Gasteiger partial charge is 0.339 e. The molecule has 2 rings (SSSR count). The van der Waals surface area contributed by atoms with Crippen molar-refractivity contribution >= 4 is 5.97 Å². The number of hydrogen-bond acceptors (Lipinski definition) is 5. The number of aromatic nitrogens is 2. The number of aromatic carboxylic acids is 1. The third kappa shape index (κ3) is 2.78. The normalized spacial score (nSPS) is 25.1. The van der Waals surface area contributed by atoms with Gasteiger partial charge in [0.1, 0.15) is 11.9 Å². The first kappa shape index (κ1) is 11.9. The van der Waals surface area contributed by atoms with E-state index in [1.807, 2.05) is 4.90 Å². The average Bonchev–Trinajstić information content (AvgIpc) is 2.58. The fourth-order valence-electron chi connectivity index (χ4n) is 2.05. The van der Waals surface area contributed by atoms with Crippen molar-refractivity contribution < 1.29 is 15.0 Å². The molecule has 1 fully saturated rings. The fourth-order valence-corrected chi connectivity index (χ4v) is 2.05. The van der Waals surface area contributed by atoms with E-state index in [1.165, 1.54) is 12.5 Å². The summed E-state index contributed by atoms with van der Waals surface area (Å²) in [5.74, 6) is -1.02. The number of carboxylic acids is 1. The molecule has 0 bridgehead atoms. The van der Waals surface area contributed by atoms with Gasteiger partial charge in [0.05, 0.1) is 11.3 Å². The number of β-amino-alcohol motifs (C(OH)–C–C–N with tert-alkyl or cyclic N) is 1. The highest BCUT2D eigenvalue weighted by atomic mass is 16.4. The van der Waals surface area contributed by atoms with Crippen molar-refractivity contribution in [3.8, 4) is 0 Å². The largest absolute Gasteiger partial charge is 0.478 e. The van der Waals surface area contributed by atoms with Crippen LogP contribution in [0.3, 0.4) is 0 Å². The summed E-state index contributed by atoms with van der Waals surface area (Å²) >= 11 is 0. The number of rotatable bonds is 3. The Bertz CT molecular complexity index is 434. The van der Waals surface area contributed by atoms with Gasteiger partial charge >= 0.3 is 5.97 Å². The van der Waals surface area contributed by atoms with Crippen LogP contribution in [-0.4, -0.2) is 49.7 Å². The fraction of sp³-hybridized carbons (Fsp3) is 0.545. The van der Waals surface area contributed by atoms with Gasteiger partial charge in [-0.3, -0.25) is 4.90 Å². The summed E-state index contributed by atoms with van der Waals surface area (Å²) in [5, 5.41) is 18.8. The second-order valence-corrected chi connectivity index (χ2v) is 4.65. The van der Waals surface area contributed by atoms with E-state index < -0.39 is 11.6 Å². The van der Waals surface area contributed by atoms with Gasteiger partial charge in [-0.15, -0.1) is 0 Å². The van der Waals surface area contributed by atoms with E-state index in [9.17, 15) is 9.90 Å². The summed E-state index contributed by atoms with van der Waals surface area (Å²) in [7, 11) is 0. The zero-order chi connectivity index (χ0) is 12.5. The topological polar surface area (TPSA) is 86.5 Å². The molecule has 17 heavy (non-hydrogen) atoms. The van der Waals surface area contributed by atoms with Gasteiger partial charge in [0.2, 0.25) is 0 Å². The van der Waals surface area contributed by atoms with Crippen LogP contribution >= 0.6 is 0 Å². The Labute approximate surface area is 98.9 Å². The van der Waals surface area contributed by atoms with Gasteiger partial charge in [-0.2, -0.15) is 0 Å². The molecule has 1 unspecified atom stereocenters. The minimum absolute atomic E-state index is 0.124. The van der Waals surface area contributed by atoms with Gasteiger partial charge in [-0.25, -0.2) is 14.8 Å². The van der Waals surface area contributed by atoms with Gasteiger partial charge in [-0.1, -0.05) is 0 Å². The van der Waals surface area contributed by atoms with Crippen molar-refractivity contribution in [1.29, 1.82) is 0 Å². The molecule has 1 aromatic heterocycles. The third-order valence-electron chi connectivity index (χ3n) is 2.93. The molecule has 0 spiro atoms. The average molecular weight is 237 g/mol. The van der Waals surface area contributed by atoms with Crippen molar-refractivity contribution in [2.45, 2.75) is 25.5 Å². The molecule has 1 atom stereocenters. The number of carboxylic acid groups (broad SMARTS) is 1. The molecule has 0 aliphatic carbocycles. The van der Waals surface area contributed by atoms with E-state index in [2.05, 4.69) is 9.97 Å². The first-order chi connectivity index (χ1) is 7.98. The van der Waals surface area contributed by atoms with E-state index in [0.29, 0.717) is 25.2 Å². The first-order valence-corrected chi connectivity index (χ1v) is 5.45. The van der Waals surface area contributed by atoms with Crippen LogP contribution in [0.5, 0.6) is 0 Å². The van der Waals surface area contributed by atoms with E-state index in [4.69, 9.17) is 5.11 Å². The Morgan fingerprint density at radius 2 is 2.41 bits per heavy atom. The minimum Gasteiger partial charge on any atom is -0.478 e. The van der Waals surface area contributed by atoms with Crippen molar-refractivity contribution in [2.75, 3.05) is 13.1 Å². The van der Waals surface area contributed by atoms with Gasteiger partial charge in [0, 0.05) is 25.8 Å². The van der Waals surface area contributed by atoms with E-state index in [1.54, 1.807) is 6.92 Å². The summed E-state index contributed by atoms with van der Waals surface area (Å²) in [5.41, 5.74) is -0.0691. The molecule has 1 saturated heterocycles. The van der Waals surface area contributed by atoms with E-state index >= 15 is 0 Å². The maximum atomic E-state index is 11.0. The van der Waals surface area contributed by atoms with Crippen molar-refractivity contribution in [3.05, 3.63) is 23.8 Å². The number of likely N-dealkylation sites (tertiary alicyclic amines) is 1. The molecule has 2 heterocycles. The highest BCUT2D eigenvalue weighted by Gasteiger charge is 2.31. The van der Waals surface area contributed by atoms with Crippen LogP contribution < -0.4 is 0 Å². The Morgan fingerprint density at radius 3 is 3.00 bits per heavy atom. The number of carbonyl (C=O) groups is 1.